The molecule has 1 aromatic rings. The molecule has 0 amide bonds. The molecule has 0 bridgehead atoms. The molecule has 1 N–H and O–H groups in total. The SMILES string of the molecule is Fc1cc(C2CNCCO2)c(F)c(F)c1Br. The molecule has 0 saturated carbocycles. The van der Waals surface area contributed by atoms with Gasteiger partial charge in [-0.3, -0.25) is 0 Å². The molecule has 0 spiro atoms. The standard InChI is InChI=1S/C10H9BrF3NO/c11-8-6(12)3-5(9(13)10(8)14)7-4-15-1-2-16-7/h3,7,15H,1-2,4H2. The Balaban J connectivity index is 2.40. The first-order chi connectivity index (χ1) is 7.61. The highest BCUT2D eigenvalue weighted by Crippen LogP contribution is 2.29. The summed E-state index contributed by atoms with van der Waals surface area (Å²) in [6.07, 6.45) is -0.647. The maximum Gasteiger partial charge on any atom is 0.176 e. The van der Waals surface area contributed by atoms with E-state index in [1.54, 1.807) is 0 Å². The summed E-state index contributed by atoms with van der Waals surface area (Å²) in [6.45, 7) is 1.39. The Morgan fingerprint density at radius 2 is 2.06 bits per heavy atom. The van der Waals surface area contributed by atoms with Gasteiger partial charge in [-0.2, -0.15) is 0 Å². The second-order valence-electron chi connectivity index (χ2n) is 3.45. The van der Waals surface area contributed by atoms with Crippen LogP contribution in [0.3, 0.4) is 0 Å². The molecule has 6 heteroatoms. The van der Waals surface area contributed by atoms with Crippen molar-refractivity contribution in [2.45, 2.75) is 6.10 Å². The van der Waals surface area contributed by atoms with E-state index in [-0.39, 0.29) is 5.56 Å². The van der Waals surface area contributed by atoms with Crippen LogP contribution in [0.2, 0.25) is 0 Å². The van der Waals surface area contributed by atoms with Gasteiger partial charge >= 0.3 is 0 Å². The summed E-state index contributed by atoms with van der Waals surface area (Å²) in [5, 5.41) is 2.97. The van der Waals surface area contributed by atoms with Gasteiger partial charge in [0.15, 0.2) is 11.6 Å². The van der Waals surface area contributed by atoms with Gasteiger partial charge in [0.05, 0.1) is 17.2 Å². The van der Waals surface area contributed by atoms with E-state index < -0.39 is 28.0 Å². The van der Waals surface area contributed by atoms with Crippen LogP contribution in [0.15, 0.2) is 10.5 Å². The van der Waals surface area contributed by atoms with Crippen molar-refractivity contribution in [1.29, 1.82) is 0 Å². The Morgan fingerprint density at radius 3 is 2.69 bits per heavy atom. The molecule has 1 atom stereocenters. The molecule has 1 saturated heterocycles. The summed E-state index contributed by atoms with van der Waals surface area (Å²) in [4.78, 5) is 0. The number of hydrogen-bond donors (Lipinski definition) is 1. The first-order valence-electron chi connectivity index (χ1n) is 4.76. The summed E-state index contributed by atoms with van der Waals surface area (Å²) in [7, 11) is 0. The van der Waals surface area contributed by atoms with E-state index in [0.717, 1.165) is 6.07 Å². The van der Waals surface area contributed by atoms with Gasteiger partial charge in [-0.1, -0.05) is 0 Å². The zero-order valence-corrected chi connectivity index (χ0v) is 9.78. The molecule has 0 radical (unpaired) electrons. The molecule has 0 aliphatic carbocycles. The van der Waals surface area contributed by atoms with E-state index >= 15 is 0 Å². The highest BCUT2D eigenvalue weighted by molar-refractivity contribution is 9.10. The number of halogens is 4. The van der Waals surface area contributed by atoms with Gasteiger partial charge in [0.2, 0.25) is 0 Å². The van der Waals surface area contributed by atoms with Crippen molar-refractivity contribution in [3.8, 4) is 0 Å². The fraction of sp³-hybridized carbons (Fsp3) is 0.400. The quantitative estimate of drug-likeness (QED) is 0.635. The van der Waals surface area contributed by atoms with E-state index in [1.165, 1.54) is 0 Å². The van der Waals surface area contributed by atoms with Gasteiger partial charge in [-0.05, 0) is 22.0 Å². The number of rotatable bonds is 1. The van der Waals surface area contributed by atoms with Gasteiger partial charge in [0, 0.05) is 18.7 Å². The summed E-state index contributed by atoms with van der Waals surface area (Å²) in [6, 6.07) is 0.958. The third-order valence-electron chi connectivity index (χ3n) is 2.41. The van der Waals surface area contributed by atoms with Gasteiger partial charge in [-0.25, -0.2) is 13.2 Å². The number of benzene rings is 1. The van der Waals surface area contributed by atoms with Crippen LogP contribution in [0, 0.1) is 17.5 Å². The summed E-state index contributed by atoms with van der Waals surface area (Å²) in [5.74, 6) is -3.12. The fourth-order valence-electron chi connectivity index (χ4n) is 1.59. The van der Waals surface area contributed by atoms with Crippen molar-refractivity contribution in [2.24, 2.45) is 0 Å². The molecule has 2 rings (SSSR count). The zero-order valence-electron chi connectivity index (χ0n) is 8.20. The number of nitrogens with one attached hydrogen (secondary N) is 1. The molecule has 1 aliphatic heterocycles. The molecular formula is C10H9BrF3NO. The van der Waals surface area contributed by atoms with Crippen molar-refractivity contribution >= 4 is 15.9 Å². The van der Waals surface area contributed by atoms with Crippen LogP contribution < -0.4 is 5.32 Å². The third kappa shape index (κ3) is 2.09. The molecule has 0 aromatic heterocycles. The van der Waals surface area contributed by atoms with E-state index in [9.17, 15) is 13.2 Å². The molecule has 16 heavy (non-hydrogen) atoms. The van der Waals surface area contributed by atoms with Gasteiger partial charge < -0.3 is 10.1 Å². The van der Waals surface area contributed by atoms with Crippen molar-refractivity contribution < 1.29 is 17.9 Å². The lowest BCUT2D eigenvalue weighted by atomic mass is 10.1. The Labute approximate surface area is 98.9 Å². The van der Waals surface area contributed by atoms with Crippen LogP contribution in [0.5, 0.6) is 0 Å². The van der Waals surface area contributed by atoms with Gasteiger partial charge in [0.1, 0.15) is 5.82 Å². The molecule has 2 nitrogen and oxygen atoms in total. The Bertz CT molecular complexity index is 408. The van der Waals surface area contributed by atoms with Gasteiger partial charge in [0.25, 0.3) is 0 Å². The summed E-state index contributed by atoms with van der Waals surface area (Å²) >= 11 is 2.64. The molecule has 1 aromatic carbocycles. The highest BCUT2D eigenvalue weighted by atomic mass is 79.9. The fourth-order valence-corrected chi connectivity index (χ4v) is 1.88. The Kier molecular flexibility index (Phi) is 3.51. The van der Waals surface area contributed by atoms with Crippen molar-refractivity contribution in [1.82, 2.24) is 5.32 Å². The minimum Gasteiger partial charge on any atom is -0.371 e. The van der Waals surface area contributed by atoms with Crippen molar-refractivity contribution in [2.75, 3.05) is 19.7 Å². The average Bonchev–Trinajstić information content (AvgIpc) is 2.32. The van der Waals surface area contributed by atoms with Crippen LogP contribution >= 0.6 is 15.9 Å². The lowest BCUT2D eigenvalue weighted by Gasteiger charge is -2.24. The summed E-state index contributed by atoms with van der Waals surface area (Å²) < 4.78 is 44.8. The smallest absolute Gasteiger partial charge is 0.176 e. The van der Waals surface area contributed by atoms with E-state index in [0.29, 0.717) is 19.7 Å². The van der Waals surface area contributed by atoms with E-state index in [1.807, 2.05) is 0 Å². The van der Waals surface area contributed by atoms with Gasteiger partial charge in [-0.15, -0.1) is 0 Å². The normalized spacial score (nSPS) is 21.1. The van der Waals surface area contributed by atoms with Crippen LogP contribution in [-0.2, 0) is 4.74 Å². The topological polar surface area (TPSA) is 21.3 Å². The second kappa shape index (κ2) is 4.73. The molecule has 1 heterocycles. The Morgan fingerprint density at radius 1 is 1.31 bits per heavy atom. The van der Waals surface area contributed by atoms with Crippen molar-refractivity contribution in [3.05, 3.63) is 33.6 Å². The van der Waals surface area contributed by atoms with Crippen LogP contribution in [0.25, 0.3) is 0 Å². The maximum absolute atomic E-state index is 13.5. The van der Waals surface area contributed by atoms with E-state index in [2.05, 4.69) is 21.2 Å². The minimum atomic E-state index is -1.22. The predicted molar refractivity (Wildman–Crippen MR) is 55.6 cm³/mol. The molecule has 1 fully saturated rings. The number of hydrogen-bond acceptors (Lipinski definition) is 2. The number of morpholine rings is 1. The molecule has 1 aliphatic rings. The zero-order chi connectivity index (χ0) is 11.7. The lowest BCUT2D eigenvalue weighted by Crippen LogP contribution is -2.34. The predicted octanol–water partition coefficient (Wildman–Crippen LogP) is 2.53. The first kappa shape index (κ1) is 11.9. The first-order valence-corrected chi connectivity index (χ1v) is 5.55. The molecule has 1 unspecified atom stereocenters. The molecular weight excluding hydrogens is 287 g/mol. The summed E-state index contributed by atoms with van der Waals surface area (Å²) in [5.41, 5.74) is -0.0922. The second-order valence-corrected chi connectivity index (χ2v) is 4.25. The van der Waals surface area contributed by atoms with Crippen LogP contribution in [0.4, 0.5) is 13.2 Å². The maximum atomic E-state index is 13.5. The number of ether oxygens (including phenoxy) is 1. The van der Waals surface area contributed by atoms with E-state index in [4.69, 9.17) is 4.74 Å². The third-order valence-corrected chi connectivity index (χ3v) is 3.13. The van der Waals surface area contributed by atoms with Crippen LogP contribution in [0.1, 0.15) is 11.7 Å². The van der Waals surface area contributed by atoms with Crippen molar-refractivity contribution in [3.63, 3.8) is 0 Å². The highest BCUT2D eigenvalue weighted by Gasteiger charge is 2.24. The lowest BCUT2D eigenvalue weighted by molar-refractivity contribution is 0.0249. The Hall–Kier alpha value is -0.590. The molecule has 88 valence electrons. The minimum absolute atomic E-state index is 0.0922. The largest absolute Gasteiger partial charge is 0.371 e. The average molecular weight is 296 g/mol. The van der Waals surface area contributed by atoms with Crippen LogP contribution in [-0.4, -0.2) is 19.7 Å². The monoisotopic (exact) mass is 295 g/mol.